The summed E-state index contributed by atoms with van der Waals surface area (Å²) in [5.74, 6) is -2.52. The van der Waals surface area contributed by atoms with Gasteiger partial charge in [-0.15, -0.1) is 0 Å². The first-order chi connectivity index (χ1) is 24.2. The third-order valence-corrected chi connectivity index (χ3v) is 9.18. The lowest BCUT2D eigenvalue weighted by Gasteiger charge is -2.33. The van der Waals surface area contributed by atoms with Gasteiger partial charge < -0.3 is 25.0 Å². The van der Waals surface area contributed by atoms with Gasteiger partial charge in [-0.1, -0.05) is 55.2 Å². The Morgan fingerprint density at radius 3 is 2.16 bits per heavy atom. The molecule has 2 fully saturated rings. The molecule has 51 heavy (non-hydrogen) atoms. The summed E-state index contributed by atoms with van der Waals surface area (Å²) in [6.45, 7) is 9.94. The molecule has 1 saturated heterocycles. The number of aromatic nitrogens is 1. The quantitative estimate of drug-likeness (QED) is 0.231. The number of Topliss-reactive ketones (excluding diaryl/α,β-unsaturated/α-hetero) is 1. The number of fused-ring (bicyclic) bond motifs is 1. The summed E-state index contributed by atoms with van der Waals surface area (Å²) in [5, 5.41) is 1.22. The number of nitrogens with two attached hydrogens (primary N) is 1. The number of carbonyl (C=O) groups is 4. The van der Waals surface area contributed by atoms with Gasteiger partial charge in [-0.2, -0.15) is 0 Å². The van der Waals surface area contributed by atoms with E-state index >= 15 is 4.39 Å². The van der Waals surface area contributed by atoms with Gasteiger partial charge in [-0.25, -0.2) is 9.18 Å². The fourth-order valence-corrected chi connectivity index (χ4v) is 6.02. The van der Waals surface area contributed by atoms with Crippen LogP contribution in [0.1, 0.15) is 98.5 Å². The number of ketones is 1. The molecule has 0 radical (unpaired) electrons. The van der Waals surface area contributed by atoms with Gasteiger partial charge in [0, 0.05) is 41.4 Å². The maximum Gasteiger partial charge on any atom is 0.410 e. The first-order valence-corrected chi connectivity index (χ1v) is 17.8. The van der Waals surface area contributed by atoms with Crippen molar-refractivity contribution in [3.63, 3.8) is 0 Å². The van der Waals surface area contributed by atoms with Crippen molar-refractivity contribution in [2.75, 3.05) is 19.7 Å². The number of piperidine rings is 1. The number of carbonyl (C=O) groups excluding carboxylic acids is 4. The molecule has 274 valence electrons. The summed E-state index contributed by atoms with van der Waals surface area (Å²) in [4.78, 5) is 58.6. The second kappa shape index (κ2) is 17.0. The molecule has 3 heterocycles. The largest absolute Gasteiger partial charge is 0.444 e. The average Bonchev–Trinajstić information content (AvgIpc) is 3.85. The monoisotopic (exact) mass is 742 g/mol. The minimum Gasteiger partial charge on any atom is -0.444 e. The number of hydrogen-bond acceptors (Lipinski definition) is 7. The van der Waals surface area contributed by atoms with Crippen LogP contribution in [0.3, 0.4) is 0 Å². The van der Waals surface area contributed by atoms with Crippen LogP contribution in [0.25, 0.3) is 0 Å². The number of likely N-dealkylation sites (tertiary alicyclic amines) is 1. The molecular formula is C38H45Cl2FN4O6. The van der Waals surface area contributed by atoms with Crippen LogP contribution < -0.4 is 5.73 Å². The molecule has 1 atom stereocenters. The summed E-state index contributed by atoms with van der Waals surface area (Å²) < 4.78 is 27.2. The Morgan fingerprint density at radius 1 is 1.00 bits per heavy atom. The molecule has 0 bridgehead atoms. The summed E-state index contributed by atoms with van der Waals surface area (Å²) >= 11 is 11.5. The molecule has 2 aromatic carbocycles. The van der Waals surface area contributed by atoms with Gasteiger partial charge in [0.15, 0.2) is 12.0 Å². The van der Waals surface area contributed by atoms with Crippen LogP contribution in [-0.2, 0) is 20.8 Å². The number of benzene rings is 2. The molecule has 1 aromatic heterocycles. The van der Waals surface area contributed by atoms with Crippen molar-refractivity contribution >= 4 is 46.9 Å². The second-order valence-electron chi connectivity index (χ2n) is 13.5. The fraction of sp³-hybridized carbons (Fsp3) is 0.447. The first-order valence-electron chi connectivity index (χ1n) is 17.1. The zero-order valence-corrected chi connectivity index (χ0v) is 31.1. The van der Waals surface area contributed by atoms with E-state index in [-0.39, 0.29) is 35.6 Å². The predicted octanol–water partition coefficient (Wildman–Crippen LogP) is 8.01. The third kappa shape index (κ3) is 10.1. The summed E-state index contributed by atoms with van der Waals surface area (Å²) in [7, 11) is 0. The summed E-state index contributed by atoms with van der Waals surface area (Å²) in [5.41, 5.74) is 4.69. The number of pyridine rings is 1. The van der Waals surface area contributed by atoms with Crippen molar-refractivity contribution in [1.82, 2.24) is 14.8 Å². The Bertz CT molecular complexity index is 1710. The maximum atomic E-state index is 15.8. The Balaban J connectivity index is 0.000000571. The van der Waals surface area contributed by atoms with E-state index < -0.39 is 46.9 Å². The van der Waals surface area contributed by atoms with E-state index in [1.165, 1.54) is 17.2 Å². The minimum atomic E-state index is -1.14. The molecular weight excluding hydrogens is 698 g/mol. The van der Waals surface area contributed by atoms with E-state index in [0.29, 0.717) is 49.5 Å². The zero-order chi connectivity index (χ0) is 37.5. The lowest BCUT2D eigenvalue weighted by Crippen LogP contribution is -2.43. The zero-order valence-electron chi connectivity index (χ0n) is 29.6. The van der Waals surface area contributed by atoms with Crippen molar-refractivity contribution in [1.29, 1.82) is 0 Å². The van der Waals surface area contributed by atoms with Crippen LogP contribution in [0.15, 0.2) is 60.8 Å². The number of primary amides is 1. The number of ether oxygens (including phenoxy) is 2. The number of hydrogen-bond donors (Lipinski definition) is 1. The van der Waals surface area contributed by atoms with E-state index in [0.717, 1.165) is 11.1 Å². The van der Waals surface area contributed by atoms with Crippen molar-refractivity contribution in [2.45, 2.75) is 78.7 Å². The number of rotatable bonds is 8. The van der Waals surface area contributed by atoms with Crippen LogP contribution >= 0.6 is 23.2 Å². The molecule has 3 aliphatic rings. The van der Waals surface area contributed by atoms with Crippen LogP contribution in [0.4, 0.5) is 9.18 Å². The van der Waals surface area contributed by atoms with Gasteiger partial charge in [-0.3, -0.25) is 19.4 Å². The smallest absolute Gasteiger partial charge is 0.410 e. The highest BCUT2D eigenvalue weighted by Crippen LogP contribution is 2.48. The van der Waals surface area contributed by atoms with Gasteiger partial charge in [0.2, 0.25) is 5.91 Å². The van der Waals surface area contributed by atoms with Crippen molar-refractivity contribution in [2.24, 2.45) is 17.1 Å². The van der Waals surface area contributed by atoms with Gasteiger partial charge in [0.05, 0.1) is 34.8 Å². The van der Waals surface area contributed by atoms with Gasteiger partial charge in [0.1, 0.15) is 11.4 Å². The molecule has 0 spiro atoms. The van der Waals surface area contributed by atoms with E-state index in [4.69, 9.17) is 38.4 Å². The van der Waals surface area contributed by atoms with E-state index in [9.17, 15) is 19.2 Å². The van der Waals surface area contributed by atoms with E-state index in [2.05, 4.69) is 4.98 Å². The molecule has 1 saturated carbocycles. The van der Waals surface area contributed by atoms with Crippen LogP contribution in [0.2, 0.25) is 10.0 Å². The van der Waals surface area contributed by atoms with E-state index in [1.54, 1.807) is 37.8 Å². The van der Waals surface area contributed by atoms with Crippen molar-refractivity contribution in [3.8, 4) is 0 Å². The van der Waals surface area contributed by atoms with Crippen molar-refractivity contribution < 1.29 is 33.0 Å². The highest BCUT2D eigenvalue weighted by atomic mass is 35.5. The molecule has 3 aromatic rings. The lowest BCUT2D eigenvalue weighted by molar-refractivity contribution is -0.129. The second-order valence-corrected chi connectivity index (χ2v) is 14.4. The molecule has 3 amide bonds. The Kier molecular flexibility index (Phi) is 13.2. The summed E-state index contributed by atoms with van der Waals surface area (Å²) in [6.07, 6.45) is 1.75. The molecule has 13 heteroatoms. The van der Waals surface area contributed by atoms with Crippen LogP contribution in [-0.4, -0.2) is 63.8 Å². The predicted molar refractivity (Wildman–Crippen MR) is 193 cm³/mol. The lowest BCUT2D eigenvalue weighted by atomic mass is 9.88. The summed E-state index contributed by atoms with van der Waals surface area (Å²) in [6, 6.07) is 15.3. The molecule has 6 rings (SSSR count). The third-order valence-electron chi connectivity index (χ3n) is 8.70. The van der Waals surface area contributed by atoms with Crippen molar-refractivity contribution in [3.05, 3.63) is 99.0 Å². The average molecular weight is 744 g/mol. The Morgan fingerprint density at radius 2 is 1.65 bits per heavy atom. The number of amides is 3. The Hall–Kier alpha value is -4.06. The maximum absolute atomic E-state index is 15.8. The minimum absolute atomic E-state index is 0.00512. The molecule has 10 nitrogen and oxygen atoms in total. The van der Waals surface area contributed by atoms with Crippen LogP contribution in [0.5, 0.6) is 0 Å². The number of halogens is 3. The normalized spacial score (nSPS) is 17.7. The highest BCUT2D eigenvalue weighted by Gasteiger charge is 2.51. The first kappa shape index (κ1) is 39.7. The van der Waals surface area contributed by atoms with Crippen LogP contribution in [0, 0.1) is 17.2 Å². The fourth-order valence-electron chi connectivity index (χ4n) is 5.76. The topological polar surface area (TPSA) is 132 Å². The molecule has 2 N–H and O–H groups in total. The molecule has 2 aliphatic heterocycles. The van der Waals surface area contributed by atoms with E-state index in [1.807, 2.05) is 44.2 Å². The number of nitrogens with zero attached hydrogens (tertiary/aromatic N) is 3. The standard InChI is InChI=1S/C30H34ClFN4O6.C6H5Cl.C2H6/c1-29(2,3)42-28(40)35-10-6-17(7-11-35)24(37)18-12-21-23(22(32)13-18)26(41-16-30(8-9-30)27(33)39)36(25(21)38)15-20-5-4-19(31)14-34-20;7-6-4-2-1-3-5-6;1-2/h4-5,12-14,17,26H,6-11,15-16H2,1-3H3,(H2,33,39);1-5H;1-2H3. The van der Waals surface area contributed by atoms with Gasteiger partial charge >= 0.3 is 6.09 Å². The van der Waals surface area contributed by atoms with Gasteiger partial charge in [-0.05, 0) is 82.9 Å². The highest BCUT2D eigenvalue weighted by molar-refractivity contribution is 6.30. The Labute approximate surface area is 308 Å². The SMILES string of the molecule is CC.CC(C)(C)OC(=O)N1CCC(C(=O)c2cc(F)c3c(c2)C(=O)N(Cc2ccc(Cl)cn2)C3OCC2(C(N)=O)CC2)CC1.Clc1ccccc1. The molecule has 1 aliphatic carbocycles. The van der Waals surface area contributed by atoms with Gasteiger partial charge in [0.25, 0.3) is 5.91 Å². The molecule has 1 unspecified atom stereocenters.